The highest BCUT2D eigenvalue weighted by Crippen LogP contribution is 2.26. The lowest BCUT2D eigenvalue weighted by molar-refractivity contribution is -0.144. The van der Waals surface area contributed by atoms with Gasteiger partial charge in [0.05, 0.1) is 7.11 Å². The Bertz CT molecular complexity index is 651. The van der Waals surface area contributed by atoms with Crippen molar-refractivity contribution in [2.75, 3.05) is 33.8 Å². The summed E-state index contributed by atoms with van der Waals surface area (Å²) in [7, 11) is 3.46. The largest absolute Gasteiger partial charge is 0.497 e. The zero-order valence-corrected chi connectivity index (χ0v) is 14.3. The summed E-state index contributed by atoms with van der Waals surface area (Å²) in [5.74, 6) is 0.899. The van der Waals surface area contributed by atoms with Gasteiger partial charge in [-0.25, -0.2) is 0 Å². The molecule has 1 fully saturated rings. The van der Waals surface area contributed by atoms with Gasteiger partial charge in [0.2, 0.25) is 11.8 Å². The molecule has 1 saturated heterocycles. The third kappa shape index (κ3) is 3.45. The summed E-state index contributed by atoms with van der Waals surface area (Å²) >= 11 is 0. The SMILES string of the molecule is COc1ccc(C2=CCN(C(=O)C3CCN(C)C(=O)C3)CC2)cc1. The number of carbonyl (C=O) groups is 2. The Morgan fingerprint density at radius 2 is 1.96 bits per heavy atom. The monoisotopic (exact) mass is 328 g/mol. The fourth-order valence-electron chi connectivity index (χ4n) is 3.35. The van der Waals surface area contributed by atoms with Crippen LogP contribution in [-0.4, -0.2) is 55.4 Å². The first kappa shape index (κ1) is 16.6. The van der Waals surface area contributed by atoms with E-state index >= 15 is 0 Å². The second-order valence-electron chi connectivity index (χ2n) is 6.50. The maximum atomic E-state index is 12.6. The van der Waals surface area contributed by atoms with Crippen LogP contribution in [0.25, 0.3) is 5.57 Å². The van der Waals surface area contributed by atoms with Crippen molar-refractivity contribution < 1.29 is 14.3 Å². The molecule has 0 spiro atoms. The van der Waals surface area contributed by atoms with Crippen molar-refractivity contribution in [2.24, 2.45) is 5.92 Å². The van der Waals surface area contributed by atoms with E-state index < -0.39 is 0 Å². The molecule has 1 atom stereocenters. The summed E-state index contributed by atoms with van der Waals surface area (Å²) in [5.41, 5.74) is 2.44. The molecule has 2 aliphatic rings. The first-order chi connectivity index (χ1) is 11.6. The normalized spacial score (nSPS) is 21.5. The highest BCUT2D eigenvalue weighted by Gasteiger charge is 2.32. The van der Waals surface area contributed by atoms with Crippen LogP contribution in [0.1, 0.15) is 24.8 Å². The minimum atomic E-state index is -0.148. The number of rotatable bonds is 3. The first-order valence-electron chi connectivity index (χ1n) is 8.44. The molecule has 1 aromatic carbocycles. The van der Waals surface area contributed by atoms with Gasteiger partial charge in [-0.05, 0) is 36.1 Å². The number of ether oxygens (including phenoxy) is 1. The topological polar surface area (TPSA) is 49.9 Å². The molecule has 24 heavy (non-hydrogen) atoms. The Morgan fingerprint density at radius 1 is 1.21 bits per heavy atom. The molecule has 128 valence electrons. The molecule has 5 nitrogen and oxygen atoms in total. The minimum Gasteiger partial charge on any atom is -0.497 e. The summed E-state index contributed by atoms with van der Waals surface area (Å²) in [4.78, 5) is 28.1. The number of nitrogens with zero attached hydrogens (tertiary/aromatic N) is 2. The molecule has 1 unspecified atom stereocenters. The van der Waals surface area contributed by atoms with Crippen molar-refractivity contribution in [2.45, 2.75) is 19.3 Å². The highest BCUT2D eigenvalue weighted by molar-refractivity contribution is 5.87. The van der Waals surface area contributed by atoms with E-state index in [1.54, 1.807) is 19.1 Å². The van der Waals surface area contributed by atoms with Gasteiger partial charge in [0, 0.05) is 39.0 Å². The number of piperidine rings is 1. The van der Waals surface area contributed by atoms with Gasteiger partial charge >= 0.3 is 0 Å². The fraction of sp³-hybridized carbons (Fsp3) is 0.474. The Morgan fingerprint density at radius 3 is 2.54 bits per heavy atom. The van der Waals surface area contributed by atoms with Gasteiger partial charge in [-0.3, -0.25) is 9.59 Å². The number of methoxy groups -OCH3 is 1. The van der Waals surface area contributed by atoms with Crippen LogP contribution in [0.5, 0.6) is 5.75 Å². The Labute approximate surface area is 142 Å². The lowest BCUT2D eigenvalue weighted by Gasteiger charge is -2.33. The van der Waals surface area contributed by atoms with Gasteiger partial charge in [0.1, 0.15) is 5.75 Å². The number of likely N-dealkylation sites (tertiary alicyclic amines) is 1. The van der Waals surface area contributed by atoms with Crippen LogP contribution in [-0.2, 0) is 9.59 Å². The molecule has 0 N–H and O–H groups in total. The van der Waals surface area contributed by atoms with Gasteiger partial charge in [-0.1, -0.05) is 18.2 Å². The van der Waals surface area contributed by atoms with Gasteiger partial charge in [-0.15, -0.1) is 0 Å². The van der Waals surface area contributed by atoms with E-state index in [0.717, 1.165) is 25.1 Å². The van der Waals surface area contributed by atoms with Crippen LogP contribution < -0.4 is 4.74 Å². The van der Waals surface area contributed by atoms with E-state index in [2.05, 4.69) is 18.2 Å². The lowest BCUT2D eigenvalue weighted by Crippen LogP contribution is -2.45. The molecule has 3 rings (SSSR count). The Balaban J connectivity index is 1.62. The molecule has 0 aromatic heterocycles. The van der Waals surface area contributed by atoms with Crippen molar-refractivity contribution in [3.8, 4) is 5.75 Å². The van der Waals surface area contributed by atoms with Crippen LogP contribution in [0.3, 0.4) is 0 Å². The maximum Gasteiger partial charge on any atom is 0.226 e. The predicted octanol–water partition coefficient (Wildman–Crippen LogP) is 2.18. The molecule has 2 amide bonds. The molecule has 5 heteroatoms. The van der Waals surface area contributed by atoms with Crippen LogP contribution in [0, 0.1) is 5.92 Å². The van der Waals surface area contributed by atoms with Crippen LogP contribution in [0.15, 0.2) is 30.3 Å². The summed E-state index contributed by atoms with van der Waals surface area (Å²) in [6, 6.07) is 8.02. The fourth-order valence-corrected chi connectivity index (χ4v) is 3.35. The number of amides is 2. The van der Waals surface area contributed by atoms with Gasteiger partial charge < -0.3 is 14.5 Å². The van der Waals surface area contributed by atoms with E-state index in [4.69, 9.17) is 4.74 Å². The number of hydrogen-bond donors (Lipinski definition) is 0. The van der Waals surface area contributed by atoms with E-state index in [1.807, 2.05) is 17.0 Å². The van der Waals surface area contributed by atoms with Crippen molar-refractivity contribution in [1.29, 1.82) is 0 Å². The molecule has 0 bridgehead atoms. The predicted molar refractivity (Wildman–Crippen MR) is 92.5 cm³/mol. The van der Waals surface area contributed by atoms with E-state index in [0.29, 0.717) is 19.5 Å². The second-order valence-corrected chi connectivity index (χ2v) is 6.50. The molecular weight excluding hydrogens is 304 g/mol. The van der Waals surface area contributed by atoms with Gasteiger partial charge in [0.25, 0.3) is 0 Å². The summed E-state index contributed by atoms with van der Waals surface area (Å²) in [5, 5.41) is 0. The summed E-state index contributed by atoms with van der Waals surface area (Å²) in [6.45, 7) is 2.02. The highest BCUT2D eigenvalue weighted by atomic mass is 16.5. The van der Waals surface area contributed by atoms with E-state index in [9.17, 15) is 9.59 Å². The summed E-state index contributed by atoms with van der Waals surface area (Å²) in [6.07, 6.45) is 4.09. The molecule has 2 heterocycles. The van der Waals surface area contributed by atoms with Crippen molar-refractivity contribution in [3.05, 3.63) is 35.9 Å². The first-order valence-corrected chi connectivity index (χ1v) is 8.44. The van der Waals surface area contributed by atoms with E-state index in [1.165, 1.54) is 11.1 Å². The van der Waals surface area contributed by atoms with Crippen molar-refractivity contribution in [3.63, 3.8) is 0 Å². The standard InChI is InChI=1S/C19H24N2O3/c1-20-10-7-16(13-18(20)22)19(23)21-11-8-15(9-12-21)14-3-5-17(24-2)6-4-14/h3-6,8,16H,7,9-13H2,1-2H3. The lowest BCUT2D eigenvalue weighted by atomic mass is 9.93. The minimum absolute atomic E-state index is 0.0751. The third-order valence-electron chi connectivity index (χ3n) is 4.99. The van der Waals surface area contributed by atoms with Crippen LogP contribution in [0.4, 0.5) is 0 Å². The number of benzene rings is 1. The molecule has 2 aliphatic heterocycles. The average molecular weight is 328 g/mol. The molecule has 0 saturated carbocycles. The third-order valence-corrected chi connectivity index (χ3v) is 4.99. The number of carbonyl (C=O) groups excluding carboxylic acids is 2. The quantitative estimate of drug-likeness (QED) is 0.854. The smallest absolute Gasteiger partial charge is 0.226 e. The van der Waals surface area contributed by atoms with Crippen molar-refractivity contribution >= 4 is 17.4 Å². The number of hydrogen-bond acceptors (Lipinski definition) is 3. The summed E-state index contributed by atoms with van der Waals surface area (Å²) < 4.78 is 5.19. The Hall–Kier alpha value is -2.30. The molecular formula is C19H24N2O3. The van der Waals surface area contributed by atoms with Gasteiger partial charge in [0.15, 0.2) is 0 Å². The van der Waals surface area contributed by atoms with Crippen molar-refractivity contribution in [1.82, 2.24) is 9.80 Å². The molecule has 1 aromatic rings. The van der Waals surface area contributed by atoms with Crippen LogP contribution in [0.2, 0.25) is 0 Å². The molecule has 0 aliphatic carbocycles. The second kappa shape index (κ2) is 7.07. The maximum absolute atomic E-state index is 12.6. The zero-order valence-electron chi connectivity index (χ0n) is 14.3. The van der Waals surface area contributed by atoms with Gasteiger partial charge in [-0.2, -0.15) is 0 Å². The average Bonchev–Trinajstić information content (AvgIpc) is 2.63. The van der Waals surface area contributed by atoms with E-state index in [-0.39, 0.29) is 17.7 Å². The molecule has 0 radical (unpaired) electrons. The zero-order chi connectivity index (χ0) is 17.1. The van der Waals surface area contributed by atoms with Crippen LogP contribution >= 0.6 is 0 Å². The Kier molecular flexibility index (Phi) is 4.88.